The molecule has 0 aliphatic rings. The predicted octanol–water partition coefficient (Wildman–Crippen LogP) is 2.75. The van der Waals surface area contributed by atoms with Crippen molar-refractivity contribution < 1.29 is 14.6 Å². The number of amides is 1. The van der Waals surface area contributed by atoms with Crippen molar-refractivity contribution >= 4 is 16.8 Å². The monoisotopic (exact) mass is 366 g/mol. The predicted molar refractivity (Wildman–Crippen MR) is 104 cm³/mol. The third-order valence-electron chi connectivity index (χ3n) is 4.40. The molecule has 0 radical (unpaired) electrons. The minimum absolute atomic E-state index is 0.00755. The topological polar surface area (TPSA) is 80.6 Å². The van der Waals surface area contributed by atoms with Gasteiger partial charge in [0.15, 0.2) is 5.75 Å². The summed E-state index contributed by atoms with van der Waals surface area (Å²) in [5, 5.41) is 13.5. The number of aromatic nitrogens is 1. The second-order valence-corrected chi connectivity index (χ2v) is 6.38. The molecule has 2 N–H and O–H groups in total. The number of carbonyl (C=O) groups is 1. The Hall–Kier alpha value is -3.28. The summed E-state index contributed by atoms with van der Waals surface area (Å²) in [4.78, 5) is 24.7. The van der Waals surface area contributed by atoms with Gasteiger partial charge in [0.2, 0.25) is 0 Å². The van der Waals surface area contributed by atoms with Crippen molar-refractivity contribution in [3.05, 3.63) is 70.0 Å². The summed E-state index contributed by atoms with van der Waals surface area (Å²) in [6.45, 7) is 2.83. The number of nitrogens with one attached hydrogen (secondary N) is 1. The zero-order valence-electron chi connectivity index (χ0n) is 15.4. The molecule has 2 aromatic carbocycles. The lowest BCUT2D eigenvalue weighted by Gasteiger charge is -2.12. The van der Waals surface area contributed by atoms with Gasteiger partial charge < -0.3 is 19.7 Å². The van der Waals surface area contributed by atoms with Crippen molar-refractivity contribution in [2.24, 2.45) is 7.05 Å². The second kappa shape index (κ2) is 7.95. The number of aryl methyl sites for hydroxylation is 2. The third-order valence-corrected chi connectivity index (χ3v) is 4.40. The lowest BCUT2D eigenvalue weighted by molar-refractivity contribution is 0.0950. The van der Waals surface area contributed by atoms with E-state index in [9.17, 15) is 14.7 Å². The first-order valence-electron chi connectivity index (χ1n) is 8.77. The van der Waals surface area contributed by atoms with Crippen LogP contribution in [0.15, 0.2) is 53.3 Å². The summed E-state index contributed by atoms with van der Waals surface area (Å²) in [6.07, 6.45) is 0.600. The van der Waals surface area contributed by atoms with Crippen LogP contribution in [0.25, 0.3) is 10.9 Å². The number of ether oxygens (including phenoxy) is 1. The highest BCUT2D eigenvalue weighted by molar-refractivity contribution is 6.08. The number of nitrogens with zero attached hydrogens (tertiary/aromatic N) is 1. The van der Waals surface area contributed by atoms with Gasteiger partial charge in [-0.15, -0.1) is 0 Å². The molecule has 0 fully saturated rings. The van der Waals surface area contributed by atoms with Gasteiger partial charge in [0.05, 0.1) is 17.7 Å². The lowest BCUT2D eigenvalue weighted by Crippen LogP contribution is -2.28. The number of rotatable bonds is 6. The van der Waals surface area contributed by atoms with Crippen LogP contribution in [0.2, 0.25) is 0 Å². The highest BCUT2D eigenvalue weighted by Crippen LogP contribution is 2.23. The van der Waals surface area contributed by atoms with Crippen LogP contribution in [0, 0.1) is 6.92 Å². The summed E-state index contributed by atoms with van der Waals surface area (Å²) in [5.41, 5.74) is 1.17. The van der Waals surface area contributed by atoms with Crippen LogP contribution in [-0.4, -0.2) is 28.7 Å². The minimum Gasteiger partial charge on any atom is -0.502 e. The van der Waals surface area contributed by atoms with Gasteiger partial charge in [-0.05, 0) is 31.5 Å². The van der Waals surface area contributed by atoms with Crippen molar-refractivity contribution in [2.75, 3.05) is 13.2 Å². The fourth-order valence-corrected chi connectivity index (χ4v) is 2.90. The molecule has 0 aliphatic carbocycles. The van der Waals surface area contributed by atoms with E-state index in [0.717, 1.165) is 11.3 Å². The van der Waals surface area contributed by atoms with E-state index in [1.54, 1.807) is 31.3 Å². The fraction of sp³-hybridized carbons (Fsp3) is 0.238. The van der Waals surface area contributed by atoms with Crippen LogP contribution in [0.3, 0.4) is 0 Å². The molecule has 0 spiro atoms. The van der Waals surface area contributed by atoms with E-state index < -0.39 is 17.2 Å². The van der Waals surface area contributed by atoms with Crippen molar-refractivity contribution in [3.8, 4) is 11.5 Å². The Balaban J connectivity index is 1.65. The molecule has 27 heavy (non-hydrogen) atoms. The van der Waals surface area contributed by atoms with Crippen molar-refractivity contribution in [3.63, 3.8) is 0 Å². The van der Waals surface area contributed by atoms with E-state index in [2.05, 4.69) is 5.32 Å². The normalized spacial score (nSPS) is 10.7. The van der Waals surface area contributed by atoms with Crippen molar-refractivity contribution in [1.29, 1.82) is 0 Å². The van der Waals surface area contributed by atoms with E-state index in [1.165, 1.54) is 4.57 Å². The molecule has 3 aromatic rings. The van der Waals surface area contributed by atoms with Gasteiger partial charge in [-0.25, -0.2) is 0 Å². The average molecular weight is 366 g/mol. The number of aromatic hydroxyl groups is 1. The Bertz CT molecular complexity index is 1020. The quantitative estimate of drug-likeness (QED) is 0.658. The van der Waals surface area contributed by atoms with Crippen LogP contribution in [0.4, 0.5) is 0 Å². The molecule has 1 amide bonds. The molecule has 0 saturated carbocycles. The fourth-order valence-electron chi connectivity index (χ4n) is 2.90. The van der Waals surface area contributed by atoms with Crippen LogP contribution in [-0.2, 0) is 7.05 Å². The average Bonchev–Trinajstić information content (AvgIpc) is 2.67. The van der Waals surface area contributed by atoms with E-state index >= 15 is 0 Å². The molecule has 0 aliphatic heterocycles. The van der Waals surface area contributed by atoms with E-state index in [-0.39, 0.29) is 5.56 Å². The minimum atomic E-state index is -0.596. The Morgan fingerprint density at radius 2 is 1.85 bits per heavy atom. The number of pyridine rings is 1. The van der Waals surface area contributed by atoms with Crippen LogP contribution in [0.5, 0.6) is 11.5 Å². The molecule has 0 atom stereocenters. The first-order chi connectivity index (χ1) is 13.0. The highest BCUT2D eigenvalue weighted by atomic mass is 16.5. The summed E-state index contributed by atoms with van der Waals surface area (Å²) in [7, 11) is 1.56. The van der Waals surface area contributed by atoms with Gasteiger partial charge in [-0.2, -0.15) is 0 Å². The summed E-state index contributed by atoms with van der Waals surface area (Å²) in [5.74, 6) is -0.233. The maximum Gasteiger partial charge on any atom is 0.293 e. The third kappa shape index (κ3) is 3.95. The first kappa shape index (κ1) is 18.5. The van der Waals surface area contributed by atoms with E-state index in [0.29, 0.717) is 30.5 Å². The number of carbonyl (C=O) groups excluding carboxylic acids is 1. The van der Waals surface area contributed by atoms with Gasteiger partial charge in [0.1, 0.15) is 5.75 Å². The summed E-state index contributed by atoms with van der Waals surface area (Å²) in [6, 6.07) is 14.7. The maximum absolute atomic E-state index is 12.6. The molecule has 3 rings (SSSR count). The van der Waals surface area contributed by atoms with Crippen molar-refractivity contribution in [2.45, 2.75) is 13.3 Å². The highest BCUT2D eigenvalue weighted by Gasteiger charge is 2.19. The van der Waals surface area contributed by atoms with Crippen molar-refractivity contribution in [1.82, 2.24) is 9.88 Å². The molecule has 1 aromatic heterocycles. The number of para-hydroxylation sites is 1. The van der Waals surface area contributed by atoms with E-state index in [4.69, 9.17) is 4.74 Å². The second-order valence-electron chi connectivity index (χ2n) is 6.38. The van der Waals surface area contributed by atoms with Gasteiger partial charge in [0.25, 0.3) is 11.5 Å². The Kier molecular flexibility index (Phi) is 5.45. The van der Waals surface area contributed by atoms with Gasteiger partial charge in [-0.1, -0.05) is 35.9 Å². The van der Waals surface area contributed by atoms with E-state index in [1.807, 2.05) is 31.2 Å². The standard InChI is InChI=1S/C21H22N2O4/c1-14-8-10-15(11-9-14)27-13-5-12-22-20(25)18-16-6-3-4-7-17(16)23(2)21(26)19(18)24/h3-4,6-11,24H,5,12-13H2,1-2H3,(H,22,25). The van der Waals surface area contributed by atoms with Crippen LogP contribution in [0.1, 0.15) is 22.3 Å². The number of hydrogen-bond acceptors (Lipinski definition) is 4. The zero-order chi connectivity index (χ0) is 19.4. The molecule has 0 unspecified atom stereocenters. The molecular formula is C21H22N2O4. The molecule has 1 heterocycles. The number of hydrogen-bond donors (Lipinski definition) is 2. The smallest absolute Gasteiger partial charge is 0.293 e. The maximum atomic E-state index is 12.6. The van der Waals surface area contributed by atoms with Gasteiger partial charge in [-0.3, -0.25) is 9.59 Å². The summed E-state index contributed by atoms with van der Waals surface area (Å²) >= 11 is 0. The SMILES string of the molecule is Cc1ccc(OCCCNC(=O)c2c(O)c(=O)n(C)c3ccccc23)cc1. The van der Waals surface area contributed by atoms with Crippen LogP contribution < -0.4 is 15.6 Å². The Morgan fingerprint density at radius 3 is 2.59 bits per heavy atom. The largest absolute Gasteiger partial charge is 0.502 e. The molecular weight excluding hydrogens is 344 g/mol. The first-order valence-corrected chi connectivity index (χ1v) is 8.77. The number of fused-ring (bicyclic) bond motifs is 1. The molecule has 6 heteroatoms. The number of benzene rings is 2. The lowest BCUT2D eigenvalue weighted by atomic mass is 10.1. The molecule has 0 bridgehead atoms. The summed E-state index contributed by atoms with van der Waals surface area (Å²) < 4.78 is 6.95. The molecule has 0 saturated heterocycles. The zero-order valence-corrected chi connectivity index (χ0v) is 15.4. The Morgan fingerprint density at radius 1 is 1.15 bits per heavy atom. The molecule has 6 nitrogen and oxygen atoms in total. The van der Waals surface area contributed by atoms with Crippen LogP contribution >= 0.6 is 0 Å². The molecule has 140 valence electrons. The van der Waals surface area contributed by atoms with Gasteiger partial charge >= 0.3 is 0 Å². The Labute approximate surface area is 157 Å². The van der Waals surface area contributed by atoms with Gasteiger partial charge in [0, 0.05) is 19.0 Å².